The van der Waals surface area contributed by atoms with Crippen LogP contribution in [0.2, 0.25) is 5.02 Å². The van der Waals surface area contributed by atoms with Crippen LogP contribution in [0, 0.1) is 11.3 Å². The van der Waals surface area contributed by atoms with Gasteiger partial charge in [0.05, 0.1) is 11.0 Å². The summed E-state index contributed by atoms with van der Waals surface area (Å²) < 4.78 is 26.9. The number of nitriles is 1. The molecule has 0 aliphatic heterocycles. The van der Waals surface area contributed by atoms with Crippen molar-refractivity contribution in [2.75, 3.05) is 6.61 Å². The molecule has 0 aliphatic carbocycles. The van der Waals surface area contributed by atoms with Gasteiger partial charge in [-0.15, -0.1) is 0 Å². The lowest BCUT2D eigenvalue weighted by Crippen LogP contribution is -2.06. The molecule has 1 rings (SSSR count). The highest BCUT2D eigenvalue weighted by molar-refractivity contribution is 7.86. The van der Waals surface area contributed by atoms with E-state index in [1.807, 2.05) is 0 Å². The van der Waals surface area contributed by atoms with Gasteiger partial charge in [0, 0.05) is 5.02 Å². The maximum absolute atomic E-state index is 11.3. The van der Waals surface area contributed by atoms with Crippen LogP contribution in [0.15, 0.2) is 29.2 Å². The van der Waals surface area contributed by atoms with Gasteiger partial charge in [-0.3, -0.25) is 4.18 Å². The van der Waals surface area contributed by atoms with E-state index in [9.17, 15) is 8.42 Å². The number of nitrogens with zero attached hydrogens (tertiary/aromatic N) is 1. The molecule has 0 spiro atoms. The van der Waals surface area contributed by atoms with Gasteiger partial charge < -0.3 is 0 Å². The van der Waals surface area contributed by atoms with Crippen molar-refractivity contribution in [1.82, 2.24) is 0 Å². The van der Waals surface area contributed by atoms with Crippen molar-refractivity contribution in [2.24, 2.45) is 0 Å². The van der Waals surface area contributed by atoms with Crippen molar-refractivity contribution in [3.8, 4) is 6.07 Å². The average molecular weight is 232 g/mol. The summed E-state index contributed by atoms with van der Waals surface area (Å²) in [7, 11) is -3.82. The Hall–Kier alpha value is -1.09. The average Bonchev–Trinajstić information content (AvgIpc) is 2.16. The summed E-state index contributed by atoms with van der Waals surface area (Å²) in [6.07, 6.45) is 0. The first-order valence-corrected chi connectivity index (χ1v) is 5.37. The molecular formula is C8H6ClNO3S. The highest BCUT2D eigenvalue weighted by Gasteiger charge is 2.13. The second kappa shape index (κ2) is 4.42. The zero-order valence-corrected chi connectivity index (χ0v) is 8.55. The highest BCUT2D eigenvalue weighted by Crippen LogP contribution is 2.15. The molecule has 0 saturated heterocycles. The second-order valence-electron chi connectivity index (χ2n) is 2.33. The summed E-state index contributed by atoms with van der Waals surface area (Å²) in [5.74, 6) is 0. The standard InChI is InChI=1S/C8H6ClNO3S/c9-7-1-3-8(4-2-7)14(11,12)13-6-5-10/h1-4H,6H2. The molecule has 0 bridgehead atoms. The van der Waals surface area contributed by atoms with Crippen LogP contribution in [-0.2, 0) is 14.3 Å². The van der Waals surface area contributed by atoms with Crippen LogP contribution in [0.5, 0.6) is 0 Å². The lowest BCUT2D eigenvalue weighted by Gasteiger charge is -2.01. The summed E-state index contributed by atoms with van der Waals surface area (Å²) >= 11 is 5.58. The van der Waals surface area contributed by atoms with Gasteiger partial charge >= 0.3 is 0 Å². The van der Waals surface area contributed by atoms with E-state index in [-0.39, 0.29) is 4.90 Å². The Bertz CT molecular complexity index is 446. The Balaban J connectivity index is 2.94. The van der Waals surface area contributed by atoms with Crippen LogP contribution in [0.25, 0.3) is 0 Å². The van der Waals surface area contributed by atoms with E-state index >= 15 is 0 Å². The fourth-order valence-electron chi connectivity index (χ4n) is 0.773. The Morgan fingerprint density at radius 3 is 2.43 bits per heavy atom. The van der Waals surface area contributed by atoms with Gasteiger partial charge in [-0.05, 0) is 24.3 Å². The van der Waals surface area contributed by atoms with Crippen molar-refractivity contribution in [3.63, 3.8) is 0 Å². The third-order valence-electron chi connectivity index (χ3n) is 1.38. The van der Waals surface area contributed by atoms with E-state index in [2.05, 4.69) is 4.18 Å². The predicted octanol–water partition coefficient (Wildman–Crippen LogP) is 1.57. The number of hydrogen-bond donors (Lipinski definition) is 0. The molecule has 0 unspecified atom stereocenters. The maximum Gasteiger partial charge on any atom is 0.297 e. The number of benzene rings is 1. The number of rotatable bonds is 3. The molecule has 0 atom stereocenters. The van der Waals surface area contributed by atoms with Gasteiger partial charge in [-0.1, -0.05) is 11.6 Å². The fourth-order valence-corrected chi connectivity index (χ4v) is 1.71. The van der Waals surface area contributed by atoms with E-state index in [4.69, 9.17) is 16.9 Å². The van der Waals surface area contributed by atoms with E-state index in [0.29, 0.717) is 5.02 Å². The molecule has 0 fully saturated rings. The molecule has 0 amide bonds. The molecule has 0 aromatic heterocycles. The molecule has 4 nitrogen and oxygen atoms in total. The molecule has 0 aliphatic rings. The largest absolute Gasteiger partial charge is 0.297 e. The van der Waals surface area contributed by atoms with Gasteiger partial charge in [0.1, 0.15) is 0 Å². The molecule has 74 valence electrons. The van der Waals surface area contributed by atoms with Crippen molar-refractivity contribution in [1.29, 1.82) is 5.26 Å². The molecule has 0 radical (unpaired) electrons. The minimum atomic E-state index is -3.82. The molecule has 1 aromatic rings. The summed E-state index contributed by atoms with van der Waals surface area (Å²) in [6.45, 7) is -0.495. The zero-order chi connectivity index (χ0) is 10.6. The normalized spacial score (nSPS) is 10.9. The third kappa shape index (κ3) is 2.70. The molecule has 1 aromatic carbocycles. The fraction of sp³-hybridized carbons (Fsp3) is 0.125. The lowest BCUT2D eigenvalue weighted by atomic mass is 10.4. The Labute approximate surface area is 86.8 Å². The maximum atomic E-state index is 11.3. The minimum Gasteiger partial charge on any atom is -0.251 e. The molecule has 0 heterocycles. The molecule has 0 N–H and O–H groups in total. The Kier molecular flexibility index (Phi) is 3.47. The van der Waals surface area contributed by atoms with Crippen molar-refractivity contribution < 1.29 is 12.6 Å². The van der Waals surface area contributed by atoms with Crippen LogP contribution in [0.3, 0.4) is 0 Å². The Morgan fingerprint density at radius 2 is 1.93 bits per heavy atom. The quantitative estimate of drug-likeness (QED) is 0.741. The summed E-state index contributed by atoms with van der Waals surface area (Å²) in [5, 5.41) is 8.59. The number of halogens is 1. The van der Waals surface area contributed by atoms with Crippen LogP contribution in [0.4, 0.5) is 0 Å². The van der Waals surface area contributed by atoms with Crippen LogP contribution >= 0.6 is 11.6 Å². The Morgan fingerprint density at radius 1 is 1.36 bits per heavy atom. The van der Waals surface area contributed by atoms with Gasteiger partial charge in [-0.2, -0.15) is 13.7 Å². The molecular weight excluding hydrogens is 226 g/mol. The van der Waals surface area contributed by atoms with Crippen molar-refractivity contribution in [2.45, 2.75) is 4.90 Å². The lowest BCUT2D eigenvalue weighted by molar-refractivity contribution is 0.361. The topological polar surface area (TPSA) is 67.2 Å². The van der Waals surface area contributed by atoms with Gasteiger partial charge in [0.15, 0.2) is 6.61 Å². The van der Waals surface area contributed by atoms with Crippen molar-refractivity contribution in [3.05, 3.63) is 29.3 Å². The van der Waals surface area contributed by atoms with Gasteiger partial charge in [0.2, 0.25) is 0 Å². The first-order valence-electron chi connectivity index (χ1n) is 3.58. The first-order chi connectivity index (χ1) is 6.56. The van der Waals surface area contributed by atoms with Gasteiger partial charge in [0.25, 0.3) is 10.1 Å². The first kappa shape index (κ1) is 11.0. The molecule has 14 heavy (non-hydrogen) atoms. The van der Waals surface area contributed by atoms with E-state index in [0.717, 1.165) is 0 Å². The monoisotopic (exact) mass is 231 g/mol. The highest BCUT2D eigenvalue weighted by atomic mass is 35.5. The van der Waals surface area contributed by atoms with Crippen molar-refractivity contribution >= 4 is 21.7 Å². The van der Waals surface area contributed by atoms with Crippen LogP contribution < -0.4 is 0 Å². The number of hydrogen-bond acceptors (Lipinski definition) is 4. The van der Waals surface area contributed by atoms with E-state index in [1.165, 1.54) is 24.3 Å². The van der Waals surface area contributed by atoms with Gasteiger partial charge in [-0.25, -0.2) is 0 Å². The smallest absolute Gasteiger partial charge is 0.251 e. The summed E-state index contributed by atoms with van der Waals surface area (Å²) in [4.78, 5) is -0.0165. The molecule has 0 saturated carbocycles. The van der Waals surface area contributed by atoms with Crippen LogP contribution in [-0.4, -0.2) is 15.0 Å². The van der Waals surface area contributed by atoms with E-state index in [1.54, 1.807) is 6.07 Å². The summed E-state index contributed by atoms with van der Waals surface area (Å²) in [6, 6.07) is 7.08. The minimum absolute atomic E-state index is 0.0165. The molecule has 6 heteroatoms. The SMILES string of the molecule is N#CCOS(=O)(=O)c1ccc(Cl)cc1. The third-order valence-corrected chi connectivity index (χ3v) is 2.91. The van der Waals surface area contributed by atoms with Crippen LogP contribution in [0.1, 0.15) is 0 Å². The second-order valence-corrected chi connectivity index (χ2v) is 4.38. The predicted molar refractivity (Wildman–Crippen MR) is 50.2 cm³/mol. The van der Waals surface area contributed by atoms with E-state index < -0.39 is 16.7 Å². The zero-order valence-electron chi connectivity index (χ0n) is 6.97. The summed E-state index contributed by atoms with van der Waals surface area (Å²) in [5.41, 5.74) is 0.